The summed E-state index contributed by atoms with van der Waals surface area (Å²) in [6.45, 7) is 5.16. The van der Waals surface area contributed by atoms with Crippen molar-refractivity contribution >= 4 is 22.4 Å². The van der Waals surface area contributed by atoms with E-state index in [0.29, 0.717) is 24.0 Å². The molecule has 4 heteroatoms. The van der Waals surface area contributed by atoms with Gasteiger partial charge in [-0.05, 0) is 35.1 Å². The summed E-state index contributed by atoms with van der Waals surface area (Å²) in [7, 11) is 0. The van der Waals surface area contributed by atoms with Crippen molar-refractivity contribution in [3.05, 3.63) is 69.6 Å². The van der Waals surface area contributed by atoms with Gasteiger partial charge in [0.1, 0.15) is 0 Å². The van der Waals surface area contributed by atoms with Crippen molar-refractivity contribution in [1.29, 1.82) is 0 Å². The summed E-state index contributed by atoms with van der Waals surface area (Å²) in [6, 6.07) is 15.4. The van der Waals surface area contributed by atoms with Crippen LogP contribution in [-0.4, -0.2) is 4.57 Å². The van der Waals surface area contributed by atoms with Crippen LogP contribution in [-0.2, 0) is 13.1 Å². The highest BCUT2D eigenvalue weighted by Gasteiger charge is 2.17. The van der Waals surface area contributed by atoms with Crippen molar-refractivity contribution in [2.24, 2.45) is 11.7 Å². The fraction of sp³-hybridized carbons (Fsp3) is 0.250. The molecule has 0 amide bonds. The molecule has 3 nitrogen and oxygen atoms in total. The van der Waals surface area contributed by atoms with Gasteiger partial charge in [-0.3, -0.25) is 4.79 Å². The third-order valence-corrected chi connectivity index (χ3v) is 4.41. The number of nitrogens with zero attached hydrogens (tertiary/aromatic N) is 1. The minimum Gasteiger partial charge on any atom is -0.325 e. The predicted octanol–water partition coefficient (Wildman–Crippen LogP) is 4.44. The van der Waals surface area contributed by atoms with Gasteiger partial charge in [-0.25, -0.2) is 0 Å². The van der Waals surface area contributed by atoms with Crippen LogP contribution in [0.1, 0.15) is 19.5 Å². The summed E-state index contributed by atoms with van der Waals surface area (Å²) >= 11 is 6.04. The molecule has 1 aromatic heterocycles. The Morgan fingerprint density at radius 3 is 2.25 bits per heavy atom. The van der Waals surface area contributed by atoms with E-state index in [1.807, 2.05) is 53.1 Å². The van der Waals surface area contributed by atoms with Crippen molar-refractivity contribution in [1.82, 2.24) is 4.57 Å². The zero-order chi connectivity index (χ0) is 17.3. The van der Waals surface area contributed by atoms with Gasteiger partial charge < -0.3 is 10.3 Å². The Labute approximate surface area is 146 Å². The lowest BCUT2D eigenvalue weighted by Gasteiger charge is -2.20. The van der Waals surface area contributed by atoms with E-state index in [-0.39, 0.29) is 5.56 Å². The first-order chi connectivity index (χ1) is 11.5. The number of aromatic nitrogens is 1. The highest BCUT2D eigenvalue weighted by atomic mass is 35.5. The van der Waals surface area contributed by atoms with Crippen molar-refractivity contribution in [3.63, 3.8) is 0 Å². The van der Waals surface area contributed by atoms with Crippen LogP contribution in [0.25, 0.3) is 21.9 Å². The third kappa shape index (κ3) is 2.97. The van der Waals surface area contributed by atoms with Crippen LogP contribution in [0, 0.1) is 5.92 Å². The number of rotatable bonds is 4. The SMILES string of the molecule is CC(C)Cn1c(CN)c(-c2ccc(Cl)cc2)c2ccccc2c1=O. The maximum Gasteiger partial charge on any atom is 0.258 e. The monoisotopic (exact) mass is 340 g/mol. The summed E-state index contributed by atoms with van der Waals surface area (Å²) in [5, 5.41) is 2.35. The lowest BCUT2D eigenvalue weighted by Crippen LogP contribution is -2.28. The summed E-state index contributed by atoms with van der Waals surface area (Å²) in [5.41, 5.74) is 9.00. The second-order valence-electron chi connectivity index (χ2n) is 6.39. The van der Waals surface area contributed by atoms with E-state index in [1.165, 1.54) is 0 Å². The molecule has 3 rings (SSSR count). The molecule has 3 aromatic rings. The van der Waals surface area contributed by atoms with Gasteiger partial charge in [0.05, 0.1) is 0 Å². The Kier molecular flexibility index (Phi) is 4.74. The molecule has 0 aliphatic carbocycles. The highest BCUT2D eigenvalue weighted by molar-refractivity contribution is 6.30. The van der Waals surface area contributed by atoms with Crippen LogP contribution in [0.15, 0.2) is 53.3 Å². The molecule has 1 heterocycles. The molecule has 0 saturated heterocycles. The van der Waals surface area contributed by atoms with E-state index >= 15 is 0 Å². The topological polar surface area (TPSA) is 48.0 Å². The standard InChI is InChI=1S/C20H21ClN2O/c1-13(2)12-23-18(11-22)19(14-7-9-15(21)10-8-14)16-5-3-4-6-17(16)20(23)24/h3-10,13H,11-12,22H2,1-2H3. The lowest BCUT2D eigenvalue weighted by molar-refractivity contribution is 0.499. The summed E-state index contributed by atoms with van der Waals surface area (Å²) < 4.78 is 1.83. The van der Waals surface area contributed by atoms with Crippen LogP contribution < -0.4 is 11.3 Å². The van der Waals surface area contributed by atoms with Gasteiger partial charge in [0.2, 0.25) is 0 Å². The first-order valence-electron chi connectivity index (χ1n) is 8.13. The maximum atomic E-state index is 13.0. The fourth-order valence-electron chi connectivity index (χ4n) is 3.16. The van der Waals surface area contributed by atoms with Crippen molar-refractivity contribution in [3.8, 4) is 11.1 Å². The third-order valence-electron chi connectivity index (χ3n) is 4.16. The number of nitrogens with two attached hydrogens (primary N) is 1. The highest BCUT2D eigenvalue weighted by Crippen LogP contribution is 2.31. The minimum atomic E-state index is 0.0254. The van der Waals surface area contributed by atoms with E-state index in [0.717, 1.165) is 27.6 Å². The Bertz CT molecular complexity index is 927. The zero-order valence-electron chi connectivity index (χ0n) is 13.9. The zero-order valence-corrected chi connectivity index (χ0v) is 14.7. The quantitative estimate of drug-likeness (QED) is 0.763. The molecular formula is C20H21ClN2O. The summed E-state index contributed by atoms with van der Waals surface area (Å²) in [4.78, 5) is 13.0. The van der Waals surface area contributed by atoms with Crippen LogP contribution in [0.5, 0.6) is 0 Å². The van der Waals surface area contributed by atoms with E-state index in [1.54, 1.807) is 0 Å². The largest absolute Gasteiger partial charge is 0.325 e. The predicted molar refractivity (Wildman–Crippen MR) is 101 cm³/mol. The molecule has 0 radical (unpaired) electrons. The molecule has 2 aromatic carbocycles. The molecule has 0 atom stereocenters. The summed E-state index contributed by atoms with van der Waals surface area (Å²) in [5.74, 6) is 0.354. The first kappa shape index (κ1) is 16.7. The number of pyridine rings is 1. The molecular weight excluding hydrogens is 320 g/mol. The smallest absolute Gasteiger partial charge is 0.258 e. The molecule has 0 aliphatic rings. The molecule has 124 valence electrons. The number of benzene rings is 2. The molecule has 24 heavy (non-hydrogen) atoms. The van der Waals surface area contributed by atoms with E-state index in [4.69, 9.17) is 17.3 Å². The Morgan fingerprint density at radius 2 is 1.67 bits per heavy atom. The van der Waals surface area contributed by atoms with Gasteiger partial charge in [0.25, 0.3) is 5.56 Å². The lowest BCUT2D eigenvalue weighted by atomic mass is 9.96. The second-order valence-corrected chi connectivity index (χ2v) is 6.82. The molecule has 0 saturated carbocycles. The second kappa shape index (κ2) is 6.80. The van der Waals surface area contributed by atoms with Crippen LogP contribution in [0.2, 0.25) is 5.02 Å². The summed E-state index contributed by atoms with van der Waals surface area (Å²) in [6.07, 6.45) is 0. The fourth-order valence-corrected chi connectivity index (χ4v) is 3.28. The number of halogens is 1. The molecule has 0 unspecified atom stereocenters. The Balaban J connectivity index is 2.43. The van der Waals surface area contributed by atoms with Crippen molar-refractivity contribution in [2.75, 3.05) is 0 Å². The average Bonchev–Trinajstić information content (AvgIpc) is 2.58. The molecule has 0 spiro atoms. The molecule has 0 bridgehead atoms. The molecule has 0 fully saturated rings. The van der Waals surface area contributed by atoms with E-state index in [9.17, 15) is 4.79 Å². The number of fused-ring (bicyclic) bond motifs is 1. The van der Waals surface area contributed by atoms with E-state index in [2.05, 4.69) is 13.8 Å². The minimum absolute atomic E-state index is 0.0254. The average molecular weight is 341 g/mol. The molecule has 0 aliphatic heterocycles. The van der Waals surface area contributed by atoms with Crippen molar-refractivity contribution < 1.29 is 0 Å². The maximum absolute atomic E-state index is 13.0. The Hall–Kier alpha value is -2.10. The number of hydrogen-bond acceptors (Lipinski definition) is 2. The van der Waals surface area contributed by atoms with Gasteiger partial charge in [-0.15, -0.1) is 0 Å². The van der Waals surface area contributed by atoms with Gasteiger partial charge >= 0.3 is 0 Å². The van der Waals surface area contributed by atoms with E-state index < -0.39 is 0 Å². The normalized spacial score (nSPS) is 11.4. The molecule has 2 N–H and O–H groups in total. The Morgan fingerprint density at radius 1 is 1.04 bits per heavy atom. The van der Waals surface area contributed by atoms with Gasteiger partial charge in [0.15, 0.2) is 0 Å². The van der Waals surface area contributed by atoms with Gasteiger partial charge in [-0.2, -0.15) is 0 Å². The van der Waals surface area contributed by atoms with Crippen LogP contribution >= 0.6 is 11.6 Å². The van der Waals surface area contributed by atoms with Crippen LogP contribution in [0.4, 0.5) is 0 Å². The van der Waals surface area contributed by atoms with Gasteiger partial charge in [0, 0.05) is 34.8 Å². The number of hydrogen-bond donors (Lipinski definition) is 1. The first-order valence-corrected chi connectivity index (χ1v) is 8.51. The van der Waals surface area contributed by atoms with Crippen molar-refractivity contribution in [2.45, 2.75) is 26.9 Å². The van der Waals surface area contributed by atoms with Crippen LogP contribution in [0.3, 0.4) is 0 Å². The van der Waals surface area contributed by atoms with Gasteiger partial charge in [-0.1, -0.05) is 55.8 Å².